The Morgan fingerprint density at radius 3 is 1.10 bits per heavy atom. The van der Waals surface area contributed by atoms with Gasteiger partial charge in [0.1, 0.15) is 0 Å². The van der Waals surface area contributed by atoms with E-state index in [9.17, 15) is 0 Å². The Labute approximate surface area is 186 Å². The van der Waals surface area contributed by atoms with Gasteiger partial charge in [0.25, 0.3) is 0 Å². The minimum absolute atomic E-state index is 1.14. The molecule has 0 fully saturated rings. The van der Waals surface area contributed by atoms with Crippen LogP contribution in [-0.4, -0.2) is 0 Å². The zero-order valence-electron chi connectivity index (χ0n) is 20.2. The molecule has 0 heterocycles. The molecule has 0 saturated heterocycles. The van der Waals surface area contributed by atoms with E-state index in [0.29, 0.717) is 0 Å². The molecule has 3 rings (SSSR count). The van der Waals surface area contributed by atoms with Crippen molar-refractivity contribution in [1.29, 1.82) is 0 Å². The Bertz CT molecular complexity index is 769. The Hall–Kier alpha value is -2.34. The van der Waals surface area contributed by atoms with Crippen LogP contribution in [-0.2, 0) is 38.5 Å². The number of hydrogen-bond acceptors (Lipinski definition) is 0. The summed E-state index contributed by atoms with van der Waals surface area (Å²) < 4.78 is 0. The number of hydrogen-bond donors (Lipinski definition) is 0. The van der Waals surface area contributed by atoms with Crippen molar-refractivity contribution in [3.05, 3.63) is 106 Å². The Balaban J connectivity index is 0.000000230. The van der Waals surface area contributed by atoms with E-state index in [4.69, 9.17) is 0 Å². The minimum Gasteiger partial charge on any atom is -0.0622 e. The maximum absolute atomic E-state index is 2.25. The first kappa shape index (κ1) is 25.7. The van der Waals surface area contributed by atoms with E-state index in [-0.39, 0.29) is 0 Å². The fourth-order valence-electron chi connectivity index (χ4n) is 3.77. The Morgan fingerprint density at radius 1 is 0.367 bits per heavy atom. The van der Waals surface area contributed by atoms with E-state index in [0.717, 1.165) is 32.1 Å². The van der Waals surface area contributed by atoms with Crippen LogP contribution >= 0.6 is 0 Å². The van der Waals surface area contributed by atoms with Gasteiger partial charge >= 0.3 is 0 Å². The standard InChI is InChI=1S/C12H18.C10H14.C8H10/c1-4-10-8-7-9-11(5-2)12(10)6-3;1-3-9-7-5-6-8-10(9)4-2;1-2-8-6-4-3-5-7-8/h7-9H,4-6H2,1-3H3;5-8H,3-4H2,1-2H3;3-7H,2H2,1H3. The molecule has 0 aromatic heterocycles. The summed E-state index contributed by atoms with van der Waals surface area (Å²) in [5, 5.41) is 0. The molecule has 0 aliphatic carbocycles. The third kappa shape index (κ3) is 8.57. The maximum atomic E-state index is 2.25. The Morgan fingerprint density at radius 2 is 0.767 bits per heavy atom. The third-order valence-corrected chi connectivity index (χ3v) is 5.62. The van der Waals surface area contributed by atoms with Gasteiger partial charge in [0, 0.05) is 0 Å². The first-order valence-corrected chi connectivity index (χ1v) is 11.8. The summed E-state index contributed by atoms with van der Waals surface area (Å²) in [5.74, 6) is 0. The molecule has 30 heavy (non-hydrogen) atoms. The lowest BCUT2D eigenvalue weighted by Gasteiger charge is -2.10. The van der Waals surface area contributed by atoms with Crippen LogP contribution in [0.1, 0.15) is 74.9 Å². The molecular formula is C30H42. The number of benzene rings is 3. The quantitative estimate of drug-likeness (QED) is 0.388. The molecule has 3 aromatic carbocycles. The van der Waals surface area contributed by atoms with E-state index >= 15 is 0 Å². The van der Waals surface area contributed by atoms with E-state index in [1.807, 2.05) is 6.07 Å². The fraction of sp³-hybridized carbons (Fsp3) is 0.400. The zero-order valence-corrected chi connectivity index (χ0v) is 20.2. The average molecular weight is 403 g/mol. The highest BCUT2D eigenvalue weighted by Crippen LogP contribution is 2.16. The summed E-state index contributed by atoms with van der Waals surface area (Å²) in [6, 6.07) is 25.8. The van der Waals surface area contributed by atoms with Crippen molar-refractivity contribution in [3.63, 3.8) is 0 Å². The van der Waals surface area contributed by atoms with Gasteiger partial charge in [-0.3, -0.25) is 0 Å². The summed E-state index contributed by atoms with van der Waals surface area (Å²) in [6.07, 6.45) is 6.95. The van der Waals surface area contributed by atoms with Crippen LogP contribution in [0.15, 0.2) is 72.8 Å². The molecule has 0 unspecified atom stereocenters. The topological polar surface area (TPSA) is 0 Å². The molecule has 0 atom stereocenters. The molecule has 0 spiro atoms. The van der Waals surface area contributed by atoms with Crippen LogP contribution in [0.2, 0.25) is 0 Å². The highest BCUT2D eigenvalue weighted by atomic mass is 14.1. The predicted molar refractivity (Wildman–Crippen MR) is 136 cm³/mol. The molecule has 0 aliphatic rings. The summed E-state index contributed by atoms with van der Waals surface area (Å²) >= 11 is 0. The van der Waals surface area contributed by atoms with Crippen LogP contribution in [0.3, 0.4) is 0 Å². The maximum Gasteiger partial charge on any atom is -0.0302 e. The van der Waals surface area contributed by atoms with Gasteiger partial charge in [0.2, 0.25) is 0 Å². The molecular weight excluding hydrogens is 360 g/mol. The highest BCUT2D eigenvalue weighted by Gasteiger charge is 2.02. The van der Waals surface area contributed by atoms with E-state index in [1.54, 1.807) is 5.56 Å². The molecule has 0 amide bonds. The van der Waals surface area contributed by atoms with Crippen LogP contribution in [0, 0.1) is 0 Å². The summed E-state index contributed by atoms with van der Waals surface area (Å²) in [4.78, 5) is 0. The fourth-order valence-corrected chi connectivity index (χ4v) is 3.77. The highest BCUT2D eigenvalue weighted by molar-refractivity contribution is 5.35. The van der Waals surface area contributed by atoms with E-state index < -0.39 is 0 Å². The SMILES string of the molecule is CCc1cccc(CC)c1CC.CCc1ccccc1.CCc1ccccc1CC. The van der Waals surface area contributed by atoms with E-state index in [2.05, 4.69) is 108 Å². The molecule has 0 N–H and O–H groups in total. The van der Waals surface area contributed by atoms with Crippen molar-refractivity contribution in [2.75, 3.05) is 0 Å². The summed E-state index contributed by atoms with van der Waals surface area (Å²) in [7, 11) is 0. The molecule has 0 saturated carbocycles. The second kappa shape index (κ2) is 15.5. The van der Waals surface area contributed by atoms with Crippen LogP contribution < -0.4 is 0 Å². The van der Waals surface area contributed by atoms with E-state index in [1.165, 1.54) is 34.2 Å². The minimum atomic E-state index is 1.14. The van der Waals surface area contributed by atoms with Crippen LogP contribution in [0.4, 0.5) is 0 Å². The van der Waals surface area contributed by atoms with Gasteiger partial charge in [0.05, 0.1) is 0 Å². The average Bonchev–Trinajstić information content (AvgIpc) is 2.84. The lowest BCUT2D eigenvalue weighted by Crippen LogP contribution is -1.96. The Kier molecular flexibility index (Phi) is 13.3. The largest absolute Gasteiger partial charge is 0.0622 e. The smallest absolute Gasteiger partial charge is 0.0302 e. The van der Waals surface area contributed by atoms with Gasteiger partial charge in [-0.25, -0.2) is 0 Å². The third-order valence-electron chi connectivity index (χ3n) is 5.62. The van der Waals surface area contributed by atoms with Gasteiger partial charge in [-0.05, 0) is 71.9 Å². The predicted octanol–water partition coefficient (Wildman–Crippen LogP) is 8.43. The molecule has 0 nitrogen and oxygen atoms in total. The summed E-state index contributed by atoms with van der Waals surface area (Å²) in [5.41, 5.74) is 9.01. The monoisotopic (exact) mass is 402 g/mol. The molecule has 0 radical (unpaired) electrons. The van der Waals surface area contributed by atoms with Crippen molar-refractivity contribution in [3.8, 4) is 0 Å². The van der Waals surface area contributed by atoms with Crippen molar-refractivity contribution in [2.45, 2.75) is 80.1 Å². The molecule has 0 aliphatic heterocycles. The van der Waals surface area contributed by atoms with Crippen molar-refractivity contribution in [2.24, 2.45) is 0 Å². The summed E-state index contributed by atoms with van der Waals surface area (Å²) in [6.45, 7) is 13.3. The molecule has 3 aromatic rings. The van der Waals surface area contributed by atoms with Gasteiger partial charge in [-0.15, -0.1) is 0 Å². The van der Waals surface area contributed by atoms with Gasteiger partial charge < -0.3 is 0 Å². The zero-order chi connectivity index (χ0) is 22.2. The first-order valence-electron chi connectivity index (χ1n) is 11.8. The molecule has 0 bridgehead atoms. The van der Waals surface area contributed by atoms with Crippen molar-refractivity contribution < 1.29 is 0 Å². The van der Waals surface area contributed by atoms with Crippen LogP contribution in [0.25, 0.3) is 0 Å². The normalized spacial score (nSPS) is 9.80. The van der Waals surface area contributed by atoms with Crippen molar-refractivity contribution in [1.82, 2.24) is 0 Å². The number of aryl methyl sites for hydroxylation is 5. The lowest BCUT2D eigenvalue weighted by molar-refractivity contribution is 0.981. The molecule has 0 heteroatoms. The molecule has 162 valence electrons. The lowest BCUT2D eigenvalue weighted by atomic mass is 9.96. The van der Waals surface area contributed by atoms with Crippen molar-refractivity contribution >= 4 is 0 Å². The van der Waals surface area contributed by atoms with Crippen LogP contribution in [0.5, 0.6) is 0 Å². The van der Waals surface area contributed by atoms with Gasteiger partial charge in [0.15, 0.2) is 0 Å². The van der Waals surface area contributed by atoms with Gasteiger partial charge in [-0.2, -0.15) is 0 Å². The second-order valence-electron chi connectivity index (χ2n) is 7.43. The number of rotatable bonds is 6. The second-order valence-corrected chi connectivity index (χ2v) is 7.43. The first-order chi connectivity index (χ1) is 14.6. The van der Waals surface area contributed by atoms with Gasteiger partial charge in [-0.1, -0.05) is 114 Å².